The average Bonchev–Trinajstić information content (AvgIpc) is 3.46. The first kappa shape index (κ1) is 17.1. The molecule has 2 aromatic carbocycles. The molecule has 0 bridgehead atoms. The lowest BCUT2D eigenvalue weighted by atomic mass is 9.70. The summed E-state index contributed by atoms with van der Waals surface area (Å²) in [5.41, 5.74) is 2.63. The van der Waals surface area contributed by atoms with Gasteiger partial charge in [-0.1, -0.05) is 35.9 Å². The van der Waals surface area contributed by atoms with Gasteiger partial charge < -0.3 is 15.5 Å². The van der Waals surface area contributed by atoms with Crippen molar-refractivity contribution >= 4 is 23.2 Å². The fourth-order valence-electron chi connectivity index (χ4n) is 4.16. The summed E-state index contributed by atoms with van der Waals surface area (Å²) >= 11 is 6.39. The number of fused-ring (bicyclic) bond motifs is 1. The van der Waals surface area contributed by atoms with Crippen molar-refractivity contribution < 1.29 is 15.0 Å². The number of aromatic nitrogens is 1. The van der Waals surface area contributed by atoms with E-state index in [2.05, 4.69) is 10.3 Å². The van der Waals surface area contributed by atoms with E-state index in [9.17, 15) is 15.0 Å². The van der Waals surface area contributed by atoms with Gasteiger partial charge in [0, 0.05) is 17.3 Å². The molecular weight excluding hydrogens is 376 g/mol. The third-order valence-corrected chi connectivity index (χ3v) is 5.94. The van der Waals surface area contributed by atoms with Crippen LogP contribution in [0.25, 0.3) is 0 Å². The predicted octanol–water partition coefficient (Wildman–Crippen LogP) is 4.31. The number of hydrogen-bond donors (Lipinski definition) is 3. The monoisotopic (exact) mass is 392 g/mol. The van der Waals surface area contributed by atoms with E-state index in [-0.39, 0.29) is 17.4 Å². The predicted molar refractivity (Wildman–Crippen MR) is 106 cm³/mol. The molecule has 2 aliphatic rings. The van der Waals surface area contributed by atoms with Crippen LogP contribution >= 0.6 is 11.6 Å². The van der Waals surface area contributed by atoms with Gasteiger partial charge in [-0.15, -0.1) is 0 Å². The Morgan fingerprint density at radius 2 is 1.50 bits per heavy atom. The van der Waals surface area contributed by atoms with Crippen LogP contribution in [0.1, 0.15) is 41.0 Å². The molecule has 1 saturated carbocycles. The lowest BCUT2D eigenvalue weighted by molar-refractivity contribution is -0.118. The first-order valence-electron chi connectivity index (χ1n) is 9.11. The highest BCUT2D eigenvalue weighted by Crippen LogP contribution is 2.54. The van der Waals surface area contributed by atoms with Crippen LogP contribution in [-0.2, 0) is 10.2 Å². The van der Waals surface area contributed by atoms with E-state index in [1.165, 1.54) is 0 Å². The number of halogens is 1. The van der Waals surface area contributed by atoms with E-state index in [0.29, 0.717) is 22.2 Å². The molecule has 3 N–H and O–H groups in total. The molecule has 6 heteroatoms. The molecule has 1 fully saturated rings. The van der Waals surface area contributed by atoms with Crippen LogP contribution < -0.4 is 5.32 Å². The lowest BCUT2D eigenvalue weighted by Gasteiger charge is -2.29. The molecular formula is C22H17ClN2O3. The molecule has 3 aromatic rings. The Bertz CT molecular complexity index is 1040. The molecule has 1 aliphatic carbocycles. The van der Waals surface area contributed by atoms with Crippen LogP contribution in [0.2, 0.25) is 5.15 Å². The second-order valence-electron chi connectivity index (χ2n) is 7.32. The van der Waals surface area contributed by atoms with Gasteiger partial charge in [0.1, 0.15) is 22.1 Å². The average molecular weight is 393 g/mol. The molecule has 0 radical (unpaired) electrons. The molecule has 0 unspecified atom stereocenters. The molecule has 5 nitrogen and oxygen atoms in total. The summed E-state index contributed by atoms with van der Waals surface area (Å²) in [6.07, 6.45) is 3.71. The molecule has 5 rings (SSSR count). The summed E-state index contributed by atoms with van der Waals surface area (Å²) in [6.45, 7) is 0. The van der Waals surface area contributed by atoms with Gasteiger partial charge in [-0.05, 0) is 54.2 Å². The van der Waals surface area contributed by atoms with Crippen molar-refractivity contribution in [1.82, 2.24) is 4.98 Å². The smallest absolute Gasteiger partial charge is 0.244 e. The maximum atomic E-state index is 13.5. The molecule has 2 heterocycles. The third-order valence-electron chi connectivity index (χ3n) is 5.64. The van der Waals surface area contributed by atoms with Crippen LogP contribution in [0, 0.1) is 0 Å². The zero-order valence-electron chi connectivity index (χ0n) is 14.8. The second kappa shape index (κ2) is 5.97. The van der Waals surface area contributed by atoms with Crippen molar-refractivity contribution in [3.05, 3.63) is 82.1 Å². The minimum absolute atomic E-state index is 0.121. The van der Waals surface area contributed by atoms with Crippen molar-refractivity contribution in [2.75, 3.05) is 5.32 Å². The Morgan fingerprint density at radius 1 is 0.964 bits per heavy atom. The summed E-state index contributed by atoms with van der Waals surface area (Å²) in [6, 6.07) is 13.2. The van der Waals surface area contributed by atoms with E-state index in [4.69, 9.17) is 11.6 Å². The number of nitrogens with one attached hydrogen (secondary N) is 1. The Kier molecular flexibility index (Phi) is 3.64. The number of carbonyl (C=O) groups is 1. The zero-order chi connectivity index (χ0) is 19.5. The summed E-state index contributed by atoms with van der Waals surface area (Å²) < 4.78 is 0. The van der Waals surface area contributed by atoms with Crippen molar-refractivity contribution in [2.45, 2.75) is 24.2 Å². The fraction of sp³-hybridized carbons (Fsp3) is 0.182. The largest absolute Gasteiger partial charge is 0.508 e. The highest BCUT2D eigenvalue weighted by molar-refractivity contribution is 6.31. The minimum atomic E-state index is -1.14. The number of anilines is 1. The Labute approximate surface area is 166 Å². The highest BCUT2D eigenvalue weighted by atomic mass is 35.5. The number of amides is 1. The number of aromatic hydroxyl groups is 2. The first-order chi connectivity index (χ1) is 13.5. The van der Waals surface area contributed by atoms with E-state index in [1.807, 2.05) is 0 Å². The van der Waals surface area contributed by atoms with Crippen LogP contribution in [0.15, 0.2) is 54.7 Å². The quantitative estimate of drug-likeness (QED) is 0.580. The normalized spacial score (nSPS) is 17.2. The lowest BCUT2D eigenvalue weighted by Crippen LogP contribution is -2.37. The van der Waals surface area contributed by atoms with Gasteiger partial charge in [-0.2, -0.15) is 0 Å². The molecule has 0 saturated heterocycles. The molecule has 28 heavy (non-hydrogen) atoms. The van der Waals surface area contributed by atoms with E-state index in [0.717, 1.165) is 29.7 Å². The van der Waals surface area contributed by atoms with E-state index < -0.39 is 5.41 Å². The van der Waals surface area contributed by atoms with Crippen LogP contribution in [-0.4, -0.2) is 21.1 Å². The van der Waals surface area contributed by atoms with Gasteiger partial charge in [0.05, 0.1) is 5.69 Å². The van der Waals surface area contributed by atoms with Gasteiger partial charge in [-0.25, -0.2) is 4.98 Å². The SMILES string of the molecule is O=C1Nc2c(cnc(Cl)c2C2CC2)C1(c1ccc(O)cc1)c1ccc(O)cc1. The number of rotatable bonds is 3. The van der Waals surface area contributed by atoms with Crippen molar-refractivity contribution in [2.24, 2.45) is 0 Å². The van der Waals surface area contributed by atoms with Crippen molar-refractivity contribution in [3.63, 3.8) is 0 Å². The van der Waals surface area contributed by atoms with E-state index >= 15 is 0 Å². The third kappa shape index (κ3) is 2.33. The number of benzene rings is 2. The van der Waals surface area contributed by atoms with Crippen LogP contribution in [0.5, 0.6) is 11.5 Å². The number of nitrogens with zero attached hydrogens (tertiary/aromatic N) is 1. The Hall–Kier alpha value is -3.05. The van der Waals surface area contributed by atoms with Crippen LogP contribution in [0.3, 0.4) is 0 Å². The number of hydrogen-bond acceptors (Lipinski definition) is 4. The summed E-state index contributed by atoms with van der Waals surface area (Å²) in [5.74, 6) is 0.350. The molecule has 0 spiro atoms. The van der Waals surface area contributed by atoms with Gasteiger partial charge in [-0.3, -0.25) is 4.79 Å². The number of carbonyl (C=O) groups excluding carboxylic acids is 1. The van der Waals surface area contributed by atoms with E-state index in [1.54, 1.807) is 54.7 Å². The minimum Gasteiger partial charge on any atom is -0.508 e. The molecule has 140 valence electrons. The van der Waals surface area contributed by atoms with Gasteiger partial charge in [0.2, 0.25) is 5.91 Å². The standard InChI is InChI=1S/C22H17ClN2O3/c23-20-18(12-1-2-12)19-17(11-24-20)22(21(28)25-19,13-3-7-15(26)8-4-13)14-5-9-16(27)10-6-14/h3-12,26-27H,1-2H2,(H,25,28). The first-order valence-corrected chi connectivity index (χ1v) is 9.49. The fourth-order valence-corrected chi connectivity index (χ4v) is 4.46. The van der Waals surface area contributed by atoms with Gasteiger partial charge in [0.25, 0.3) is 0 Å². The van der Waals surface area contributed by atoms with Crippen LogP contribution in [0.4, 0.5) is 5.69 Å². The zero-order valence-corrected chi connectivity index (χ0v) is 15.6. The Balaban J connectivity index is 1.84. The second-order valence-corrected chi connectivity index (χ2v) is 7.68. The van der Waals surface area contributed by atoms with Crippen molar-refractivity contribution in [3.8, 4) is 11.5 Å². The maximum Gasteiger partial charge on any atom is 0.244 e. The number of pyridine rings is 1. The molecule has 1 amide bonds. The molecule has 1 aliphatic heterocycles. The number of phenolic OH excluding ortho intramolecular Hbond substituents is 2. The summed E-state index contributed by atoms with van der Waals surface area (Å²) in [4.78, 5) is 17.9. The topological polar surface area (TPSA) is 82.5 Å². The summed E-state index contributed by atoms with van der Waals surface area (Å²) in [7, 11) is 0. The molecule has 1 aromatic heterocycles. The maximum absolute atomic E-state index is 13.5. The summed E-state index contributed by atoms with van der Waals surface area (Å²) in [5, 5.41) is 23.0. The van der Waals surface area contributed by atoms with Gasteiger partial charge >= 0.3 is 0 Å². The molecule has 0 atom stereocenters. The van der Waals surface area contributed by atoms with Crippen molar-refractivity contribution in [1.29, 1.82) is 0 Å². The van der Waals surface area contributed by atoms with Gasteiger partial charge in [0.15, 0.2) is 0 Å². The highest BCUT2D eigenvalue weighted by Gasteiger charge is 2.52. The Morgan fingerprint density at radius 3 is 2.00 bits per heavy atom. The number of phenols is 2.